The minimum absolute atomic E-state index is 0.327. The zero-order valence-electron chi connectivity index (χ0n) is 10.7. The number of pyridine rings is 1. The molecule has 2 rings (SSSR count). The average molecular weight is 292 g/mol. The first-order chi connectivity index (χ1) is 9.00. The molecule has 0 unspecified atom stereocenters. The van der Waals surface area contributed by atoms with Gasteiger partial charge in [-0.3, -0.25) is 0 Å². The van der Waals surface area contributed by atoms with Crippen molar-refractivity contribution < 1.29 is 0 Å². The molecule has 19 heavy (non-hydrogen) atoms. The van der Waals surface area contributed by atoms with E-state index in [-0.39, 0.29) is 0 Å². The average Bonchev–Trinajstić information content (AvgIpc) is 2.34. The maximum Gasteiger partial charge on any atom is 0.140 e. The lowest BCUT2D eigenvalue weighted by Crippen LogP contribution is -2.15. The second kappa shape index (κ2) is 5.55. The molecule has 0 spiro atoms. The van der Waals surface area contributed by atoms with Gasteiger partial charge in [-0.2, -0.15) is 0 Å². The molecule has 0 radical (unpaired) electrons. The van der Waals surface area contributed by atoms with Gasteiger partial charge in [-0.25, -0.2) is 4.98 Å². The number of benzene rings is 1. The van der Waals surface area contributed by atoms with Gasteiger partial charge in [0, 0.05) is 16.9 Å². The Hall–Kier alpha value is -1.65. The van der Waals surface area contributed by atoms with Crippen LogP contribution < -0.4 is 11.1 Å². The number of nitrogens with two attached hydrogens (primary N) is 1. The second-order valence-corrected chi connectivity index (χ2v) is 5.10. The molecule has 0 aliphatic carbocycles. The third kappa shape index (κ3) is 2.85. The third-order valence-electron chi connectivity index (χ3n) is 2.93. The Morgan fingerprint density at radius 3 is 2.74 bits per heavy atom. The van der Waals surface area contributed by atoms with Gasteiger partial charge in [0.05, 0.1) is 5.56 Å². The summed E-state index contributed by atoms with van der Waals surface area (Å²) < 4.78 is 0. The van der Waals surface area contributed by atoms with Crippen LogP contribution in [0.15, 0.2) is 30.5 Å². The Bertz CT molecular complexity index is 641. The zero-order valence-corrected chi connectivity index (χ0v) is 12.3. The van der Waals surface area contributed by atoms with Crippen LogP contribution in [0.1, 0.15) is 16.7 Å². The molecular formula is C14H14ClN3S. The number of hydrogen-bond acceptors (Lipinski definition) is 3. The molecule has 0 saturated heterocycles. The minimum Gasteiger partial charge on any atom is -0.389 e. The monoisotopic (exact) mass is 291 g/mol. The highest BCUT2D eigenvalue weighted by atomic mass is 35.5. The summed E-state index contributed by atoms with van der Waals surface area (Å²) in [6.45, 7) is 3.90. The first-order valence-corrected chi connectivity index (χ1v) is 6.57. The maximum absolute atomic E-state index is 6.10. The topological polar surface area (TPSA) is 50.9 Å². The van der Waals surface area contributed by atoms with Gasteiger partial charge in [-0.1, -0.05) is 29.9 Å². The number of hydrogen-bond donors (Lipinski definition) is 2. The summed E-state index contributed by atoms with van der Waals surface area (Å²) in [5, 5.41) is 3.94. The molecule has 3 nitrogen and oxygen atoms in total. The van der Waals surface area contributed by atoms with Gasteiger partial charge in [-0.15, -0.1) is 0 Å². The van der Waals surface area contributed by atoms with Crippen LogP contribution in [0.5, 0.6) is 0 Å². The van der Waals surface area contributed by atoms with E-state index < -0.39 is 0 Å². The molecular weight excluding hydrogens is 278 g/mol. The van der Waals surface area contributed by atoms with Crippen LogP contribution in [0.4, 0.5) is 11.5 Å². The molecule has 0 aliphatic rings. The van der Waals surface area contributed by atoms with Gasteiger partial charge in [0.25, 0.3) is 0 Å². The lowest BCUT2D eigenvalue weighted by molar-refractivity contribution is 1.25. The number of nitrogens with zero attached hydrogens (tertiary/aromatic N) is 1. The number of anilines is 2. The Kier molecular flexibility index (Phi) is 4.02. The first-order valence-electron chi connectivity index (χ1n) is 5.78. The number of thiocarbonyl (C=S) groups is 1. The molecule has 5 heteroatoms. The van der Waals surface area contributed by atoms with Gasteiger partial charge >= 0.3 is 0 Å². The molecule has 0 saturated carbocycles. The summed E-state index contributed by atoms with van der Waals surface area (Å²) in [6, 6.07) is 7.55. The van der Waals surface area contributed by atoms with Crippen LogP contribution in [0, 0.1) is 13.8 Å². The molecule has 2 aromatic rings. The summed E-state index contributed by atoms with van der Waals surface area (Å²) in [5.41, 5.74) is 9.37. The van der Waals surface area contributed by atoms with Gasteiger partial charge in [-0.05, 0) is 43.2 Å². The van der Waals surface area contributed by atoms with E-state index in [1.807, 2.05) is 38.1 Å². The molecule has 1 heterocycles. The molecule has 0 atom stereocenters. The molecule has 0 aliphatic heterocycles. The number of rotatable bonds is 3. The van der Waals surface area contributed by atoms with Crippen molar-refractivity contribution in [2.24, 2.45) is 5.73 Å². The van der Waals surface area contributed by atoms with Crippen LogP contribution in [-0.2, 0) is 0 Å². The molecule has 98 valence electrons. The normalized spacial score (nSPS) is 10.3. The van der Waals surface area contributed by atoms with Crippen molar-refractivity contribution >= 4 is 40.3 Å². The number of aromatic nitrogens is 1. The Morgan fingerprint density at radius 1 is 1.32 bits per heavy atom. The molecule has 3 N–H and O–H groups in total. The van der Waals surface area contributed by atoms with Gasteiger partial charge < -0.3 is 11.1 Å². The predicted octanol–water partition coefficient (Wildman–Crippen LogP) is 3.73. The lowest BCUT2D eigenvalue weighted by Gasteiger charge is -2.14. The predicted molar refractivity (Wildman–Crippen MR) is 84.3 cm³/mol. The fourth-order valence-corrected chi connectivity index (χ4v) is 2.27. The van der Waals surface area contributed by atoms with Crippen LogP contribution in [0.2, 0.25) is 5.02 Å². The van der Waals surface area contributed by atoms with E-state index in [1.54, 1.807) is 6.20 Å². The quantitative estimate of drug-likeness (QED) is 0.846. The van der Waals surface area contributed by atoms with E-state index in [0.29, 0.717) is 15.8 Å². The SMILES string of the molecule is Cc1ccnc(Nc2cccc(Cl)c2C)c1C(N)=S. The van der Waals surface area contributed by atoms with Crippen molar-refractivity contribution in [2.45, 2.75) is 13.8 Å². The van der Waals surface area contributed by atoms with E-state index in [4.69, 9.17) is 29.6 Å². The summed E-state index contributed by atoms with van der Waals surface area (Å²) in [5.74, 6) is 0.651. The highest BCUT2D eigenvalue weighted by molar-refractivity contribution is 7.80. The van der Waals surface area contributed by atoms with Crippen molar-refractivity contribution in [2.75, 3.05) is 5.32 Å². The Balaban J connectivity index is 2.47. The molecule has 0 amide bonds. The van der Waals surface area contributed by atoms with E-state index in [2.05, 4.69) is 10.3 Å². The fourth-order valence-electron chi connectivity index (χ4n) is 1.83. The van der Waals surface area contributed by atoms with E-state index in [1.165, 1.54) is 0 Å². The molecule has 0 fully saturated rings. The van der Waals surface area contributed by atoms with E-state index in [9.17, 15) is 0 Å². The van der Waals surface area contributed by atoms with Crippen LogP contribution in [0.25, 0.3) is 0 Å². The van der Waals surface area contributed by atoms with Gasteiger partial charge in [0.15, 0.2) is 0 Å². The van der Waals surface area contributed by atoms with Crippen molar-refractivity contribution in [3.05, 3.63) is 52.2 Å². The van der Waals surface area contributed by atoms with Gasteiger partial charge in [0.1, 0.15) is 10.8 Å². The largest absolute Gasteiger partial charge is 0.389 e. The first kappa shape index (κ1) is 13.8. The smallest absolute Gasteiger partial charge is 0.140 e. The summed E-state index contributed by atoms with van der Waals surface area (Å²) in [7, 11) is 0. The number of aryl methyl sites for hydroxylation is 1. The standard InChI is InChI=1S/C14H14ClN3S/c1-8-6-7-17-14(12(8)13(16)19)18-11-5-3-4-10(15)9(11)2/h3-7H,1-2H3,(H2,16,19)(H,17,18). The van der Waals surface area contributed by atoms with E-state index >= 15 is 0 Å². The van der Waals surface area contributed by atoms with Gasteiger partial charge in [0.2, 0.25) is 0 Å². The highest BCUT2D eigenvalue weighted by Crippen LogP contribution is 2.27. The third-order valence-corrected chi connectivity index (χ3v) is 3.54. The highest BCUT2D eigenvalue weighted by Gasteiger charge is 2.11. The molecule has 0 bridgehead atoms. The second-order valence-electron chi connectivity index (χ2n) is 4.25. The summed E-state index contributed by atoms with van der Waals surface area (Å²) in [6.07, 6.45) is 1.72. The number of halogens is 1. The van der Waals surface area contributed by atoms with Crippen molar-refractivity contribution in [1.29, 1.82) is 0 Å². The fraction of sp³-hybridized carbons (Fsp3) is 0.143. The zero-order chi connectivity index (χ0) is 14.0. The molecule has 1 aromatic carbocycles. The van der Waals surface area contributed by atoms with Crippen molar-refractivity contribution in [3.8, 4) is 0 Å². The Labute approximate surface area is 122 Å². The van der Waals surface area contributed by atoms with Crippen molar-refractivity contribution in [1.82, 2.24) is 4.98 Å². The maximum atomic E-state index is 6.10. The van der Waals surface area contributed by atoms with Crippen LogP contribution in [-0.4, -0.2) is 9.97 Å². The van der Waals surface area contributed by atoms with Crippen molar-refractivity contribution in [3.63, 3.8) is 0 Å². The minimum atomic E-state index is 0.327. The summed E-state index contributed by atoms with van der Waals surface area (Å²) in [4.78, 5) is 4.63. The van der Waals surface area contributed by atoms with E-state index in [0.717, 1.165) is 22.4 Å². The van der Waals surface area contributed by atoms with Crippen LogP contribution in [0.3, 0.4) is 0 Å². The number of nitrogens with one attached hydrogen (secondary N) is 1. The summed E-state index contributed by atoms with van der Waals surface area (Å²) >= 11 is 11.2. The molecule has 1 aromatic heterocycles. The Morgan fingerprint density at radius 2 is 2.05 bits per heavy atom. The van der Waals surface area contributed by atoms with Crippen LogP contribution >= 0.6 is 23.8 Å². The lowest BCUT2D eigenvalue weighted by atomic mass is 10.1.